The normalized spacial score (nSPS) is 26.7. The van der Waals surface area contributed by atoms with Gasteiger partial charge < -0.3 is 10.2 Å². The summed E-state index contributed by atoms with van der Waals surface area (Å²) in [7, 11) is 0. The van der Waals surface area contributed by atoms with E-state index in [1.54, 1.807) is 0 Å². The Morgan fingerprint density at radius 3 is 2.71 bits per heavy atom. The first-order chi connectivity index (χ1) is 11.5. The van der Waals surface area contributed by atoms with Gasteiger partial charge in [-0.05, 0) is 48.6 Å². The molecule has 3 amide bonds. The number of carbonyl (C=O) groups is 3. The van der Waals surface area contributed by atoms with E-state index in [9.17, 15) is 18.8 Å². The van der Waals surface area contributed by atoms with Crippen molar-refractivity contribution < 1.29 is 18.8 Å². The highest BCUT2D eigenvalue weighted by Crippen LogP contribution is 2.35. The average Bonchev–Trinajstić information content (AvgIpc) is 3.17. The first kappa shape index (κ1) is 15.3. The van der Waals surface area contributed by atoms with Crippen LogP contribution in [-0.4, -0.2) is 41.8 Å². The van der Waals surface area contributed by atoms with E-state index in [0.717, 1.165) is 30.6 Å². The number of halogens is 1. The van der Waals surface area contributed by atoms with Crippen molar-refractivity contribution in [3.8, 4) is 0 Å². The van der Waals surface area contributed by atoms with Crippen molar-refractivity contribution in [2.24, 2.45) is 0 Å². The number of hydrogen-bond donors (Lipinski definition) is 2. The molecule has 2 N–H and O–H groups in total. The molecule has 0 aliphatic carbocycles. The number of amides is 3. The summed E-state index contributed by atoms with van der Waals surface area (Å²) in [6.07, 6.45) is 1.43. The van der Waals surface area contributed by atoms with Gasteiger partial charge in [0, 0.05) is 25.1 Å². The zero-order valence-electron chi connectivity index (χ0n) is 13.1. The molecule has 0 saturated carbocycles. The highest BCUT2D eigenvalue weighted by Gasteiger charge is 2.40. The molecule has 3 heterocycles. The van der Waals surface area contributed by atoms with Crippen LogP contribution in [0.3, 0.4) is 0 Å². The van der Waals surface area contributed by atoms with Gasteiger partial charge in [0.15, 0.2) is 0 Å². The standard InChI is InChI=1S/C17H18FN3O3/c18-10-5-11(9-3-4-19-7-9)13-8-21(17(24)12(13)6-10)14-1-2-15(22)20-16(14)23/h5-6,9,14,19H,1-4,7-8H2,(H,20,22,23). The molecule has 0 radical (unpaired) electrons. The maximum atomic E-state index is 14.0. The van der Waals surface area contributed by atoms with E-state index in [1.807, 2.05) is 0 Å². The Morgan fingerprint density at radius 2 is 2.00 bits per heavy atom. The molecule has 6 nitrogen and oxygen atoms in total. The quantitative estimate of drug-likeness (QED) is 0.781. The molecule has 2 saturated heterocycles. The minimum atomic E-state index is -0.666. The molecule has 0 aromatic heterocycles. The number of carbonyl (C=O) groups excluding carboxylic acids is 3. The molecule has 0 bridgehead atoms. The molecule has 3 aliphatic rings. The van der Waals surface area contributed by atoms with Crippen LogP contribution in [0.4, 0.5) is 4.39 Å². The number of benzene rings is 1. The molecule has 4 rings (SSSR count). The zero-order valence-corrected chi connectivity index (χ0v) is 13.1. The minimum Gasteiger partial charge on any atom is -0.322 e. The van der Waals surface area contributed by atoms with Crippen molar-refractivity contribution in [1.82, 2.24) is 15.5 Å². The molecular weight excluding hydrogens is 313 g/mol. The third kappa shape index (κ3) is 2.39. The van der Waals surface area contributed by atoms with Crippen LogP contribution in [0.5, 0.6) is 0 Å². The van der Waals surface area contributed by atoms with E-state index in [-0.39, 0.29) is 24.2 Å². The number of hydrogen-bond acceptors (Lipinski definition) is 4. The van der Waals surface area contributed by atoms with Crippen LogP contribution in [-0.2, 0) is 16.1 Å². The van der Waals surface area contributed by atoms with Gasteiger partial charge >= 0.3 is 0 Å². The summed E-state index contributed by atoms with van der Waals surface area (Å²) < 4.78 is 14.0. The predicted octanol–water partition coefficient (Wildman–Crippen LogP) is 0.664. The van der Waals surface area contributed by atoms with Crippen LogP contribution < -0.4 is 10.6 Å². The lowest BCUT2D eigenvalue weighted by Crippen LogP contribution is -2.52. The van der Waals surface area contributed by atoms with Gasteiger partial charge in [0.2, 0.25) is 11.8 Å². The van der Waals surface area contributed by atoms with Crippen molar-refractivity contribution in [1.29, 1.82) is 0 Å². The van der Waals surface area contributed by atoms with Gasteiger partial charge in [-0.1, -0.05) is 0 Å². The van der Waals surface area contributed by atoms with E-state index in [4.69, 9.17) is 0 Å². The molecule has 0 spiro atoms. The Hall–Kier alpha value is -2.28. The second-order valence-corrected chi connectivity index (χ2v) is 6.61. The number of piperidine rings is 1. The lowest BCUT2D eigenvalue weighted by atomic mass is 9.91. The van der Waals surface area contributed by atoms with Crippen molar-refractivity contribution in [3.05, 3.63) is 34.6 Å². The maximum Gasteiger partial charge on any atom is 0.255 e. The highest BCUT2D eigenvalue weighted by atomic mass is 19.1. The van der Waals surface area contributed by atoms with Crippen LogP contribution >= 0.6 is 0 Å². The summed E-state index contributed by atoms with van der Waals surface area (Å²) in [6.45, 7) is 1.94. The maximum absolute atomic E-state index is 14.0. The molecule has 24 heavy (non-hydrogen) atoms. The third-order valence-electron chi connectivity index (χ3n) is 5.16. The van der Waals surface area contributed by atoms with Gasteiger partial charge in [0.1, 0.15) is 11.9 Å². The third-order valence-corrected chi connectivity index (χ3v) is 5.16. The summed E-state index contributed by atoms with van der Waals surface area (Å²) in [4.78, 5) is 37.6. The Balaban J connectivity index is 1.68. The molecule has 126 valence electrons. The SMILES string of the molecule is O=C1CCC(N2Cc3c(cc(F)cc3C3CCNC3)C2=O)C(=O)N1. The summed E-state index contributed by atoms with van der Waals surface area (Å²) in [6, 6.07) is 2.10. The van der Waals surface area contributed by atoms with Crippen LogP contribution in [0.2, 0.25) is 0 Å². The van der Waals surface area contributed by atoms with E-state index < -0.39 is 17.8 Å². The zero-order chi connectivity index (χ0) is 16.8. The van der Waals surface area contributed by atoms with E-state index in [2.05, 4.69) is 10.6 Å². The van der Waals surface area contributed by atoms with Gasteiger partial charge in [-0.3, -0.25) is 19.7 Å². The number of nitrogens with one attached hydrogen (secondary N) is 2. The smallest absolute Gasteiger partial charge is 0.255 e. The monoisotopic (exact) mass is 331 g/mol. The molecule has 3 aliphatic heterocycles. The van der Waals surface area contributed by atoms with Crippen molar-refractivity contribution >= 4 is 17.7 Å². The fourth-order valence-electron chi connectivity index (χ4n) is 3.94. The molecule has 7 heteroatoms. The number of fused-ring (bicyclic) bond motifs is 1. The Morgan fingerprint density at radius 1 is 1.17 bits per heavy atom. The largest absolute Gasteiger partial charge is 0.322 e. The number of imide groups is 1. The minimum absolute atomic E-state index is 0.184. The predicted molar refractivity (Wildman–Crippen MR) is 82.7 cm³/mol. The summed E-state index contributed by atoms with van der Waals surface area (Å²) in [5, 5.41) is 5.54. The van der Waals surface area contributed by atoms with Gasteiger partial charge in [-0.15, -0.1) is 0 Å². The van der Waals surface area contributed by atoms with Gasteiger partial charge in [-0.25, -0.2) is 4.39 Å². The second kappa shape index (κ2) is 5.66. The fourth-order valence-corrected chi connectivity index (χ4v) is 3.94. The lowest BCUT2D eigenvalue weighted by molar-refractivity contribution is -0.136. The Bertz CT molecular complexity index is 743. The molecule has 2 unspecified atom stereocenters. The average molecular weight is 331 g/mol. The fraction of sp³-hybridized carbons (Fsp3) is 0.471. The van der Waals surface area contributed by atoms with Gasteiger partial charge in [-0.2, -0.15) is 0 Å². The number of rotatable bonds is 2. The first-order valence-corrected chi connectivity index (χ1v) is 8.22. The summed E-state index contributed by atoms with van der Waals surface area (Å²) >= 11 is 0. The van der Waals surface area contributed by atoms with Crippen LogP contribution in [0.15, 0.2) is 12.1 Å². The van der Waals surface area contributed by atoms with Crippen LogP contribution in [0.25, 0.3) is 0 Å². The van der Waals surface area contributed by atoms with Crippen LogP contribution in [0, 0.1) is 5.82 Å². The first-order valence-electron chi connectivity index (χ1n) is 8.22. The van der Waals surface area contributed by atoms with Crippen molar-refractivity contribution in [2.45, 2.75) is 37.8 Å². The van der Waals surface area contributed by atoms with E-state index in [0.29, 0.717) is 18.5 Å². The van der Waals surface area contributed by atoms with E-state index in [1.165, 1.54) is 17.0 Å². The van der Waals surface area contributed by atoms with Crippen molar-refractivity contribution in [3.63, 3.8) is 0 Å². The second-order valence-electron chi connectivity index (χ2n) is 6.61. The Labute approximate surface area is 138 Å². The molecular formula is C17H18FN3O3. The number of nitrogens with zero attached hydrogens (tertiary/aromatic N) is 1. The van der Waals surface area contributed by atoms with E-state index >= 15 is 0 Å². The Kier molecular flexibility index (Phi) is 3.60. The van der Waals surface area contributed by atoms with Gasteiger partial charge in [0.25, 0.3) is 5.91 Å². The molecule has 1 aromatic rings. The molecule has 2 fully saturated rings. The summed E-state index contributed by atoms with van der Waals surface area (Å²) in [5.41, 5.74) is 2.03. The molecule has 2 atom stereocenters. The summed E-state index contributed by atoms with van der Waals surface area (Å²) in [5.74, 6) is -1.33. The molecule has 1 aromatic carbocycles. The lowest BCUT2D eigenvalue weighted by Gasteiger charge is -2.29. The van der Waals surface area contributed by atoms with Crippen LogP contribution in [0.1, 0.15) is 46.7 Å². The van der Waals surface area contributed by atoms with Crippen molar-refractivity contribution in [2.75, 3.05) is 13.1 Å². The topological polar surface area (TPSA) is 78.5 Å². The highest BCUT2D eigenvalue weighted by molar-refractivity contribution is 6.05. The van der Waals surface area contributed by atoms with Gasteiger partial charge in [0.05, 0.1) is 0 Å².